The SMILES string of the molecule is O=C(O)c1ccc(OCCNCC2(CCO)CC2)cc1. The Balaban J connectivity index is 1.62. The summed E-state index contributed by atoms with van der Waals surface area (Å²) in [7, 11) is 0. The van der Waals surface area contributed by atoms with Gasteiger partial charge in [0.25, 0.3) is 0 Å². The molecule has 1 saturated carbocycles. The molecule has 1 aliphatic carbocycles. The number of carbonyl (C=O) groups is 1. The highest BCUT2D eigenvalue weighted by atomic mass is 16.5. The van der Waals surface area contributed by atoms with Crippen LogP contribution >= 0.6 is 0 Å². The molecule has 3 N–H and O–H groups in total. The molecule has 0 aliphatic heterocycles. The molecule has 5 nitrogen and oxygen atoms in total. The molecule has 0 saturated heterocycles. The van der Waals surface area contributed by atoms with Gasteiger partial charge < -0.3 is 20.3 Å². The number of aromatic carboxylic acids is 1. The normalized spacial score (nSPS) is 15.8. The quantitative estimate of drug-likeness (QED) is 0.597. The summed E-state index contributed by atoms with van der Waals surface area (Å²) in [6.45, 7) is 2.47. The van der Waals surface area contributed by atoms with Crippen molar-refractivity contribution >= 4 is 5.97 Å². The number of aliphatic hydroxyl groups is 1. The molecule has 0 spiro atoms. The average Bonchev–Trinajstić information content (AvgIpc) is 3.19. The maximum atomic E-state index is 10.7. The number of rotatable bonds is 9. The van der Waals surface area contributed by atoms with Gasteiger partial charge in [-0.3, -0.25) is 0 Å². The number of hydrogen-bond acceptors (Lipinski definition) is 4. The van der Waals surface area contributed by atoms with Gasteiger partial charge in [-0.15, -0.1) is 0 Å². The molecular formula is C15H21NO4. The Morgan fingerprint density at radius 3 is 2.55 bits per heavy atom. The predicted octanol–water partition coefficient (Wildman–Crippen LogP) is 1.52. The van der Waals surface area contributed by atoms with Gasteiger partial charge >= 0.3 is 5.97 Å². The fraction of sp³-hybridized carbons (Fsp3) is 0.533. The lowest BCUT2D eigenvalue weighted by Crippen LogP contribution is -2.28. The van der Waals surface area contributed by atoms with Gasteiger partial charge in [0.15, 0.2) is 0 Å². The third-order valence-electron chi connectivity index (χ3n) is 3.75. The lowest BCUT2D eigenvalue weighted by atomic mass is 10.0. The topological polar surface area (TPSA) is 78.8 Å². The molecule has 0 unspecified atom stereocenters. The highest BCUT2D eigenvalue weighted by Crippen LogP contribution is 2.47. The van der Waals surface area contributed by atoms with E-state index in [1.54, 1.807) is 12.1 Å². The van der Waals surface area contributed by atoms with E-state index in [9.17, 15) is 4.79 Å². The van der Waals surface area contributed by atoms with Gasteiger partial charge in [0.1, 0.15) is 12.4 Å². The summed E-state index contributed by atoms with van der Waals surface area (Å²) in [5, 5.41) is 21.1. The van der Waals surface area contributed by atoms with Gasteiger partial charge in [-0.2, -0.15) is 0 Å². The van der Waals surface area contributed by atoms with Gasteiger partial charge in [-0.05, 0) is 48.9 Å². The summed E-state index contributed by atoms with van der Waals surface area (Å²) >= 11 is 0. The smallest absolute Gasteiger partial charge is 0.335 e. The summed E-state index contributed by atoms with van der Waals surface area (Å²) in [5.41, 5.74) is 0.577. The first-order valence-electron chi connectivity index (χ1n) is 6.93. The molecule has 0 amide bonds. The molecule has 5 heteroatoms. The van der Waals surface area contributed by atoms with Crippen molar-refractivity contribution < 1.29 is 19.7 Å². The van der Waals surface area contributed by atoms with Crippen molar-refractivity contribution in [2.24, 2.45) is 5.41 Å². The van der Waals surface area contributed by atoms with Crippen molar-refractivity contribution in [1.29, 1.82) is 0 Å². The lowest BCUT2D eigenvalue weighted by molar-refractivity contribution is 0.0697. The average molecular weight is 279 g/mol. The second-order valence-corrected chi connectivity index (χ2v) is 5.33. The van der Waals surface area contributed by atoms with Crippen LogP contribution in [0.15, 0.2) is 24.3 Å². The molecule has 0 atom stereocenters. The number of nitrogens with one attached hydrogen (secondary N) is 1. The molecule has 0 radical (unpaired) electrons. The summed E-state index contributed by atoms with van der Waals surface area (Å²) in [5.74, 6) is -0.259. The molecule has 20 heavy (non-hydrogen) atoms. The highest BCUT2D eigenvalue weighted by molar-refractivity contribution is 5.87. The second-order valence-electron chi connectivity index (χ2n) is 5.33. The van der Waals surface area contributed by atoms with E-state index in [4.69, 9.17) is 14.9 Å². The molecule has 1 fully saturated rings. The van der Waals surface area contributed by atoms with Crippen molar-refractivity contribution in [1.82, 2.24) is 5.32 Å². The standard InChI is InChI=1S/C15H21NO4/c17-9-7-15(5-6-15)11-16-8-10-20-13-3-1-12(2-4-13)14(18)19/h1-4,16-17H,5-11H2,(H,18,19). The van der Waals surface area contributed by atoms with Crippen LogP contribution < -0.4 is 10.1 Å². The molecule has 1 aliphatic rings. The van der Waals surface area contributed by atoms with E-state index in [0.29, 0.717) is 17.8 Å². The zero-order chi connectivity index (χ0) is 14.4. The molecule has 0 bridgehead atoms. The number of hydrogen-bond donors (Lipinski definition) is 3. The summed E-state index contributed by atoms with van der Waals surface area (Å²) in [6.07, 6.45) is 3.26. The van der Waals surface area contributed by atoms with E-state index in [2.05, 4.69) is 5.32 Å². The maximum absolute atomic E-state index is 10.7. The van der Waals surface area contributed by atoms with E-state index in [1.165, 1.54) is 25.0 Å². The molecule has 1 aromatic rings. The van der Waals surface area contributed by atoms with E-state index in [1.807, 2.05) is 0 Å². The number of carboxylic acid groups (broad SMARTS) is 1. The van der Waals surface area contributed by atoms with Gasteiger partial charge in [0.2, 0.25) is 0 Å². The first kappa shape index (κ1) is 14.8. The van der Waals surface area contributed by atoms with E-state index >= 15 is 0 Å². The van der Waals surface area contributed by atoms with Crippen LogP contribution in [-0.4, -0.2) is 42.5 Å². The predicted molar refractivity (Wildman–Crippen MR) is 75.1 cm³/mol. The minimum absolute atomic E-state index is 0.258. The number of ether oxygens (including phenoxy) is 1. The van der Waals surface area contributed by atoms with Crippen LogP contribution in [0.25, 0.3) is 0 Å². The molecule has 0 aromatic heterocycles. The Kier molecular flexibility index (Phi) is 4.98. The highest BCUT2D eigenvalue weighted by Gasteiger charge is 2.41. The fourth-order valence-corrected chi connectivity index (χ4v) is 2.22. The first-order chi connectivity index (χ1) is 9.65. The van der Waals surface area contributed by atoms with E-state index in [0.717, 1.165) is 19.5 Å². The summed E-state index contributed by atoms with van der Waals surface area (Å²) < 4.78 is 5.53. The van der Waals surface area contributed by atoms with Crippen molar-refractivity contribution in [3.63, 3.8) is 0 Å². The Hall–Kier alpha value is -1.59. The maximum Gasteiger partial charge on any atom is 0.335 e. The van der Waals surface area contributed by atoms with Crippen molar-refractivity contribution in [3.05, 3.63) is 29.8 Å². The van der Waals surface area contributed by atoms with Crippen LogP contribution in [0.1, 0.15) is 29.6 Å². The Bertz CT molecular complexity index is 440. The number of benzene rings is 1. The molecule has 0 heterocycles. The third-order valence-corrected chi connectivity index (χ3v) is 3.75. The molecule has 2 rings (SSSR count). The van der Waals surface area contributed by atoms with Crippen molar-refractivity contribution in [2.75, 3.05) is 26.3 Å². The third kappa shape index (κ3) is 4.21. The van der Waals surface area contributed by atoms with Crippen LogP contribution in [0.2, 0.25) is 0 Å². The number of carboxylic acids is 1. The van der Waals surface area contributed by atoms with E-state index in [-0.39, 0.29) is 12.2 Å². The van der Waals surface area contributed by atoms with Gasteiger partial charge in [0.05, 0.1) is 5.56 Å². The molecule has 1 aromatic carbocycles. The van der Waals surface area contributed by atoms with Crippen LogP contribution in [0, 0.1) is 5.41 Å². The Morgan fingerprint density at radius 1 is 1.30 bits per heavy atom. The molecular weight excluding hydrogens is 258 g/mol. The second kappa shape index (κ2) is 6.72. The monoisotopic (exact) mass is 279 g/mol. The zero-order valence-corrected chi connectivity index (χ0v) is 11.5. The van der Waals surface area contributed by atoms with E-state index < -0.39 is 5.97 Å². The minimum atomic E-state index is -0.933. The van der Waals surface area contributed by atoms with Crippen molar-refractivity contribution in [3.8, 4) is 5.75 Å². The summed E-state index contributed by atoms with van der Waals surface area (Å²) in [4.78, 5) is 10.7. The van der Waals surface area contributed by atoms with Crippen LogP contribution in [-0.2, 0) is 0 Å². The van der Waals surface area contributed by atoms with Gasteiger partial charge in [-0.25, -0.2) is 4.79 Å². The van der Waals surface area contributed by atoms with Crippen molar-refractivity contribution in [2.45, 2.75) is 19.3 Å². The molecule has 110 valence electrons. The minimum Gasteiger partial charge on any atom is -0.492 e. The largest absolute Gasteiger partial charge is 0.492 e. The summed E-state index contributed by atoms with van der Waals surface area (Å²) in [6, 6.07) is 6.40. The Labute approximate surface area is 118 Å². The first-order valence-corrected chi connectivity index (χ1v) is 6.93. The fourth-order valence-electron chi connectivity index (χ4n) is 2.22. The zero-order valence-electron chi connectivity index (χ0n) is 11.5. The van der Waals surface area contributed by atoms with Crippen LogP contribution in [0.4, 0.5) is 0 Å². The Morgan fingerprint density at radius 2 is 2.00 bits per heavy atom. The van der Waals surface area contributed by atoms with Crippen LogP contribution in [0.3, 0.4) is 0 Å². The van der Waals surface area contributed by atoms with Crippen LogP contribution in [0.5, 0.6) is 5.75 Å². The van der Waals surface area contributed by atoms with Gasteiger partial charge in [0, 0.05) is 19.7 Å². The van der Waals surface area contributed by atoms with Gasteiger partial charge in [-0.1, -0.05) is 0 Å². The lowest BCUT2D eigenvalue weighted by Gasteiger charge is -2.14. The number of aliphatic hydroxyl groups excluding tert-OH is 1.